The van der Waals surface area contributed by atoms with Gasteiger partial charge in [0.2, 0.25) is 5.91 Å². The number of pyridine rings is 2. The minimum absolute atomic E-state index is 0.0425. The molecule has 6 heteroatoms. The summed E-state index contributed by atoms with van der Waals surface area (Å²) in [5.41, 5.74) is 5.81. The minimum Gasteiger partial charge on any atom is -0.356 e. The molecule has 1 saturated carbocycles. The van der Waals surface area contributed by atoms with E-state index >= 15 is 0 Å². The Bertz CT molecular complexity index is 1390. The number of H-pyrrole nitrogens is 1. The Morgan fingerprint density at radius 3 is 2.88 bits per heavy atom. The summed E-state index contributed by atoms with van der Waals surface area (Å²) in [5, 5.41) is 3.59. The van der Waals surface area contributed by atoms with E-state index in [0.717, 1.165) is 45.4 Å². The number of likely N-dealkylation sites (N-methyl/N-ethyl adjacent to an activating group) is 1. The number of rotatable bonds is 6. The summed E-state index contributed by atoms with van der Waals surface area (Å²) >= 11 is 0. The summed E-state index contributed by atoms with van der Waals surface area (Å²) in [7, 11) is 1.61. The van der Waals surface area contributed by atoms with Crippen molar-refractivity contribution in [3.63, 3.8) is 0 Å². The highest BCUT2D eigenvalue weighted by molar-refractivity contribution is 5.96. The van der Waals surface area contributed by atoms with Crippen molar-refractivity contribution in [2.45, 2.75) is 19.4 Å². The molecule has 160 valence electrons. The molecule has 1 aromatic carbocycles. The summed E-state index contributed by atoms with van der Waals surface area (Å²) in [6.07, 6.45) is 11.5. The molecule has 5 rings (SSSR count). The number of carbonyl (C=O) groups is 1. The van der Waals surface area contributed by atoms with Crippen LogP contribution in [-0.2, 0) is 11.3 Å². The topological polar surface area (TPSA) is 79.8 Å². The third kappa shape index (κ3) is 4.12. The lowest BCUT2D eigenvalue weighted by Gasteiger charge is -2.08. The molecule has 32 heavy (non-hydrogen) atoms. The van der Waals surface area contributed by atoms with Crippen molar-refractivity contribution in [1.82, 2.24) is 19.9 Å². The number of nitrogens with one attached hydrogen (secondary N) is 2. The third-order valence-corrected chi connectivity index (χ3v) is 5.87. The Hall–Kier alpha value is -3.93. The van der Waals surface area contributed by atoms with E-state index in [2.05, 4.69) is 21.4 Å². The molecule has 1 fully saturated rings. The number of amides is 1. The highest BCUT2D eigenvalue weighted by Crippen LogP contribution is 2.33. The Morgan fingerprint density at radius 1 is 1.19 bits per heavy atom. The van der Waals surface area contributed by atoms with Crippen LogP contribution in [0.2, 0.25) is 0 Å². The highest BCUT2D eigenvalue weighted by atomic mass is 16.1. The Kier molecular flexibility index (Phi) is 5.19. The van der Waals surface area contributed by atoms with Gasteiger partial charge < -0.3 is 14.9 Å². The molecule has 3 heterocycles. The lowest BCUT2D eigenvalue weighted by molar-refractivity contribution is -0.115. The van der Waals surface area contributed by atoms with Crippen molar-refractivity contribution in [3.8, 4) is 22.3 Å². The Morgan fingerprint density at radius 2 is 2.06 bits per heavy atom. The molecule has 3 aromatic heterocycles. The number of nitrogens with zero attached hydrogens (tertiary/aromatic N) is 2. The van der Waals surface area contributed by atoms with Gasteiger partial charge in [0.25, 0.3) is 5.56 Å². The van der Waals surface area contributed by atoms with E-state index in [-0.39, 0.29) is 11.5 Å². The number of carbonyl (C=O) groups excluding carboxylic acids is 1. The summed E-state index contributed by atoms with van der Waals surface area (Å²) in [4.78, 5) is 31.6. The largest absolute Gasteiger partial charge is 0.356 e. The molecule has 0 spiro atoms. The molecule has 4 aromatic rings. The average Bonchev–Trinajstić information content (AvgIpc) is 3.54. The molecule has 0 radical (unpaired) electrons. The second-order valence-electron chi connectivity index (χ2n) is 8.25. The van der Waals surface area contributed by atoms with Crippen molar-refractivity contribution in [3.05, 3.63) is 83.0 Å². The number of fused-ring (bicyclic) bond motifs is 1. The lowest BCUT2D eigenvalue weighted by atomic mass is 10.0. The zero-order valence-corrected chi connectivity index (χ0v) is 17.8. The van der Waals surface area contributed by atoms with E-state index < -0.39 is 0 Å². The molecule has 0 bridgehead atoms. The number of aromatic amines is 1. The molecule has 1 aliphatic rings. The normalized spacial score (nSPS) is 13.7. The molecule has 0 atom stereocenters. The fourth-order valence-electron chi connectivity index (χ4n) is 3.89. The van der Waals surface area contributed by atoms with Crippen LogP contribution in [0.4, 0.5) is 0 Å². The molecular weight excluding hydrogens is 400 g/mol. The van der Waals surface area contributed by atoms with Gasteiger partial charge in [0.1, 0.15) is 5.65 Å². The van der Waals surface area contributed by atoms with E-state index in [9.17, 15) is 9.59 Å². The molecule has 0 aliphatic heterocycles. The first-order chi connectivity index (χ1) is 15.6. The fraction of sp³-hybridized carbons (Fsp3) is 0.192. The number of benzene rings is 1. The van der Waals surface area contributed by atoms with Gasteiger partial charge in [-0.2, -0.15) is 0 Å². The third-order valence-electron chi connectivity index (χ3n) is 5.87. The van der Waals surface area contributed by atoms with Gasteiger partial charge in [0.05, 0.1) is 0 Å². The van der Waals surface area contributed by atoms with Crippen LogP contribution in [0, 0.1) is 5.92 Å². The molecule has 1 amide bonds. The van der Waals surface area contributed by atoms with Gasteiger partial charge in [0, 0.05) is 66.4 Å². The average molecular weight is 425 g/mol. The summed E-state index contributed by atoms with van der Waals surface area (Å²) in [6, 6.07) is 13.6. The monoisotopic (exact) mass is 424 g/mol. The van der Waals surface area contributed by atoms with Gasteiger partial charge in [-0.25, -0.2) is 4.98 Å². The first-order valence-corrected chi connectivity index (χ1v) is 10.8. The number of aromatic nitrogens is 3. The van der Waals surface area contributed by atoms with Crippen molar-refractivity contribution >= 4 is 23.0 Å². The van der Waals surface area contributed by atoms with Crippen LogP contribution in [0.15, 0.2) is 71.9 Å². The second kappa shape index (κ2) is 8.30. The minimum atomic E-state index is -0.140. The number of hydrogen-bond donors (Lipinski definition) is 2. The predicted molar refractivity (Wildman–Crippen MR) is 127 cm³/mol. The van der Waals surface area contributed by atoms with E-state index in [1.165, 1.54) is 18.9 Å². The Labute approximate surface area is 185 Å². The van der Waals surface area contributed by atoms with Gasteiger partial charge in [-0.3, -0.25) is 9.59 Å². The van der Waals surface area contributed by atoms with Crippen molar-refractivity contribution in [2.75, 3.05) is 7.05 Å². The standard InChI is InChI=1S/C26H24N4O2/c1-27-24(31)9-7-17-3-2-4-19(11-17)21-12-22-23(14-29-26(22)28-13-21)20-8-10-25(32)30(16-20)15-18-5-6-18/h2-4,7-14,16,18H,5-6,15H2,1H3,(H,27,31)(H,28,29). The van der Waals surface area contributed by atoms with Crippen LogP contribution in [-0.4, -0.2) is 27.5 Å². The molecule has 2 N–H and O–H groups in total. The van der Waals surface area contributed by atoms with Gasteiger partial charge in [-0.15, -0.1) is 0 Å². The van der Waals surface area contributed by atoms with Crippen molar-refractivity contribution in [2.24, 2.45) is 5.92 Å². The quantitative estimate of drug-likeness (QED) is 0.455. The maximum atomic E-state index is 12.3. The Balaban J connectivity index is 1.52. The van der Waals surface area contributed by atoms with Crippen molar-refractivity contribution in [1.29, 1.82) is 0 Å². The maximum Gasteiger partial charge on any atom is 0.250 e. The lowest BCUT2D eigenvalue weighted by Crippen LogP contribution is -2.19. The summed E-state index contributed by atoms with van der Waals surface area (Å²) in [6.45, 7) is 0.787. The van der Waals surface area contributed by atoms with E-state index in [1.807, 2.05) is 53.5 Å². The van der Waals surface area contributed by atoms with Crippen LogP contribution >= 0.6 is 0 Å². The van der Waals surface area contributed by atoms with Crippen LogP contribution < -0.4 is 10.9 Å². The second-order valence-corrected chi connectivity index (χ2v) is 8.25. The van der Waals surface area contributed by atoms with Crippen molar-refractivity contribution < 1.29 is 4.79 Å². The number of hydrogen-bond acceptors (Lipinski definition) is 3. The van der Waals surface area contributed by atoms with E-state index in [4.69, 9.17) is 0 Å². The molecule has 0 saturated heterocycles. The predicted octanol–water partition coefficient (Wildman–Crippen LogP) is 4.23. The highest BCUT2D eigenvalue weighted by Gasteiger charge is 2.22. The maximum absolute atomic E-state index is 12.3. The summed E-state index contributed by atoms with van der Waals surface area (Å²) < 4.78 is 1.82. The van der Waals surface area contributed by atoms with Crippen LogP contribution in [0.25, 0.3) is 39.4 Å². The first kappa shape index (κ1) is 20.0. The fourth-order valence-corrected chi connectivity index (χ4v) is 3.89. The van der Waals surface area contributed by atoms with Gasteiger partial charge >= 0.3 is 0 Å². The smallest absolute Gasteiger partial charge is 0.250 e. The van der Waals surface area contributed by atoms with Crippen LogP contribution in [0.3, 0.4) is 0 Å². The molecule has 6 nitrogen and oxygen atoms in total. The van der Waals surface area contributed by atoms with E-state index in [1.54, 1.807) is 19.2 Å². The van der Waals surface area contributed by atoms with Gasteiger partial charge in [0.15, 0.2) is 0 Å². The first-order valence-electron chi connectivity index (χ1n) is 10.8. The van der Waals surface area contributed by atoms with Gasteiger partial charge in [-0.1, -0.05) is 18.2 Å². The molecule has 1 aliphatic carbocycles. The SMILES string of the molecule is CNC(=O)C=Cc1cccc(-c2cnc3[nH]cc(-c4ccc(=O)n(CC5CC5)c4)c3c2)c1. The van der Waals surface area contributed by atoms with E-state index in [0.29, 0.717) is 5.92 Å². The van der Waals surface area contributed by atoms with Crippen LogP contribution in [0.5, 0.6) is 0 Å². The van der Waals surface area contributed by atoms with Crippen LogP contribution in [0.1, 0.15) is 18.4 Å². The zero-order valence-electron chi connectivity index (χ0n) is 17.8. The molecular formula is C26H24N4O2. The van der Waals surface area contributed by atoms with Gasteiger partial charge in [-0.05, 0) is 54.2 Å². The summed E-state index contributed by atoms with van der Waals surface area (Å²) in [5.74, 6) is 0.488. The molecule has 0 unspecified atom stereocenters. The zero-order chi connectivity index (χ0) is 22.1.